The molecule has 8 heteroatoms. The lowest BCUT2D eigenvalue weighted by Gasteiger charge is -2.19. The average Bonchev–Trinajstić information content (AvgIpc) is 2.92. The Morgan fingerprint density at radius 3 is 1.85 bits per heavy atom. The van der Waals surface area contributed by atoms with Crippen LogP contribution in [0.15, 0.2) is 23.1 Å². The summed E-state index contributed by atoms with van der Waals surface area (Å²) in [5.74, 6) is -1.82. The number of carbonyl (C=O) groups is 2. The van der Waals surface area contributed by atoms with Gasteiger partial charge < -0.3 is 11.5 Å². The Balaban J connectivity index is 2.70. The molecule has 2 amide bonds. The topological polar surface area (TPSA) is 124 Å². The summed E-state index contributed by atoms with van der Waals surface area (Å²) in [6.07, 6.45) is 1.48. The van der Waals surface area contributed by atoms with Crippen molar-refractivity contribution in [1.29, 1.82) is 0 Å². The van der Waals surface area contributed by atoms with Crippen molar-refractivity contribution < 1.29 is 18.0 Å². The Hall–Kier alpha value is -1.93. The first-order chi connectivity index (χ1) is 9.35. The zero-order chi connectivity index (χ0) is 14.9. The molecule has 20 heavy (non-hydrogen) atoms. The van der Waals surface area contributed by atoms with Crippen LogP contribution in [0, 0.1) is 0 Å². The van der Waals surface area contributed by atoms with Crippen molar-refractivity contribution in [3.05, 3.63) is 29.3 Å². The minimum atomic E-state index is -3.96. The molecule has 1 aliphatic rings. The summed E-state index contributed by atoms with van der Waals surface area (Å²) in [4.78, 5) is 22.5. The van der Waals surface area contributed by atoms with E-state index in [9.17, 15) is 18.0 Å². The second kappa shape index (κ2) is 5.22. The standard InChI is InChI=1S/C12H15N3O4S/c13-11(16)8-4-3-5-9(12(14)17)10(8)20(18,19)15-6-1-2-7-15/h3-5H,1-2,6-7H2,(H2,13,16)(H2,14,17). The fraction of sp³-hybridized carbons (Fsp3) is 0.333. The number of hydrogen-bond donors (Lipinski definition) is 2. The highest BCUT2D eigenvalue weighted by Crippen LogP contribution is 2.27. The van der Waals surface area contributed by atoms with E-state index in [2.05, 4.69) is 0 Å². The number of carbonyl (C=O) groups excluding carboxylic acids is 2. The fourth-order valence-electron chi connectivity index (χ4n) is 2.26. The van der Waals surface area contributed by atoms with Crippen molar-refractivity contribution in [1.82, 2.24) is 4.31 Å². The van der Waals surface area contributed by atoms with Gasteiger partial charge in [-0.15, -0.1) is 0 Å². The summed E-state index contributed by atoms with van der Waals surface area (Å²) in [5.41, 5.74) is 9.98. The van der Waals surface area contributed by atoms with Gasteiger partial charge in [-0.2, -0.15) is 4.31 Å². The number of amides is 2. The number of nitrogens with zero attached hydrogens (tertiary/aromatic N) is 1. The Labute approximate surface area is 116 Å². The number of primary amides is 2. The van der Waals surface area contributed by atoms with Gasteiger partial charge in [0.05, 0.1) is 11.1 Å². The Kier molecular flexibility index (Phi) is 3.78. The molecule has 0 aliphatic carbocycles. The minimum Gasteiger partial charge on any atom is -0.366 e. The van der Waals surface area contributed by atoms with Gasteiger partial charge in [-0.3, -0.25) is 9.59 Å². The zero-order valence-electron chi connectivity index (χ0n) is 10.7. The van der Waals surface area contributed by atoms with E-state index in [1.54, 1.807) is 0 Å². The number of hydrogen-bond acceptors (Lipinski definition) is 4. The molecule has 1 fully saturated rings. The van der Waals surface area contributed by atoms with Gasteiger partial charge in [-0.25, -0.2) is 8.42 Å². The predicted molar refractivity (Wildman–Crippen MR) is 71.5 cm³/mol. The van der Waals surface area contributed by atoms with Crippen LogP contribution in [-0.2, 0) is 10.0 Å². The van der Waals surface area contributed by atoms with Crippen LogP contribution in [0.3, 0.4) is 0 Å². The van der Waals surface area contributed by atoms with E-state index in [0.29, 0.717) is 13.1 Å². The molecule has 2 rings (SSSR count). The highest BCUT2D eigenvalue weighted by atomic mass is 32.2. The van der Waals surface area contributed by atoms with Crippen molar-refractivity contribution in [3.63, 3.8) is 0 Å². The predicted octanol–water partition coefficient (Wildman–Crippen LogP) is -0.331. The van der Waals surface area contributed by atoms with Crippen LogP contribution in [0.2, 0.25) is 0 Å². The Bertz CT molecular complexity index is 631. The zero-order valence-corrected chi connectivity index (χ0v) is 11.5. The van der Waals surface area contributed by atoms with Crippen LogP contribution in [-0.4, -0.2) is 37.6 Å². The molecule has 1 aromatic carbocycles. The minimum absolute atomic E-state index is 0.215. The van der Waals surface area contributed by atoms with Crippen LogP contribution in [0.4, 0.5) is 0 Å². The Morgan fingerprint density at radius 2 is 1.45 bits per heavy atom. The maximum atomic E-state index is 12.6. The van der Waals surface area contributed by atoms with Gasteiger partial charge in [-0.1, -0.05) is 6.07 Å². The monoisotopic (exact) mass is 297 g/mol. The second-order valence-corrected chi connectivity index (χ2v) is 6.40. The third-order valence-corrected chi connectivity index (χ3v) is 5.21. The lowest BCUT2D eigenvalue weighted by molar-refractivity contribution is 0.0995. The van der Waals surface area contributed by atoms with Gasteiger partial charge in [0.25, 0.3) is 0 Å². The highest BCUT2D eigenvalue weighted by Gasteiger charge is 2.33. The largest absolute Gasteiger partial charge is 0.366 e. The van der Waals surface area contributed by atoms with Crippen LogP contribution >= 0.6 is 0 Å². The smallest absolute Gasteiger partial charge is 0.250 e. The molecule has 0 unspecified atom stereocenters. The Morgan fingerprint density at radius 1 is 1.00 bits per heavy atom. The molecule has 1 aromatic rings. The van der Waals surface area contributed by atoms with Gasteiger partial charge >= 0.3 is 0 Å². The number of benzene rings is 1. The van der Waals surface area contributed by atoms with E-state index in [1.165, 1.54) is 22.5 Å². The summed E-state index contributed by atoms with van der Waals surface area (Å²) in [5, 5.41) is 0. The van der Waals surface area contributed by atoms with Crippen molar-refractivity contribution in [2.24, 2.45) is 11.5 Å². The quantitative estimate of drug-likeness (QED) is 0.789. The van der Waals surface area contributed by atoms with E-state index in [0.717, 1.165) is 12.8 Å². The number of rotatable bonds is 4. The molecule has 1 saturated heterocycles. The van der Waals surface area contributed by atoms with Gasteiger partial charge in [-0.05, 0) is 25.0 Å². The summed E-state index contributed by atoms with van der Waals surface area (Å²) in [6, 6.07) is 3.93. The lowest BCUT2D eigenvalue weighted by Crippen LogP contribution is -2.32. The molecule has 1 heterocycles. The molecule has 0 spiro atoms. The summed E-state index contributed by atoms with van der Waals surface area (Å²) in [7, 11) is -3.96. The van der Waals surface area contributed by atoms with E-state index in [4.69, 9.17) is 11.5 Å². The third-order valence-electron chi connectivity index (χ3n) is 3.21. The molecule has 0 atom stereocenters. The van der Waals surface area contributed by atoms with E-state index < -0.39 is 21.8 Å². The van der Waals surface area contributed by atoms with Crippen molar-refractivity contribution in [2.45, 2.75) is 17.7 Å². The normalized spacial score (nSPS) is 16.2. The first-order valence-electron chi connectivity index (χ1n) is 6.08. The van der Waals surface area contributed by atoms with E-state index in [1.807, 2.05) is 0 Å². The maximum Gasteiger partial charge on any atom is 0.250 e. The molecule has 0 radical (unpaired) electrons. The molecule has 0 aromatic heterocycles. The lowest BCUT2D eigenvalue weighted by atomic mass is 10.1. The second-order valence-electron chi connectivity index (χ2n) is 4.52. The number of nitrogens with two attached hydrogens (primary N) is 2. The summed E-state index contributed by atoms with van der Waals surface area (Å²) in [6.45, 7) is 0.710. The van der Waals surface area contributed by atoms with Gasteiger partial charge in [0.15, 0.2) is 0 Å². The number of sulfonamides is 1. The molecule has 0 bridgehead atoms. The molecule has 1 aliphatic heterocycles. The molecule has 7 nitrogen and oxygen atoms in total. The van der Waals surface area contributed by atoms with Crippen molar-refractivity contribution in [3.8, 4) is 0 Å². The molecular formula is C12H15N3O4S. The average molecular weight is 297 g/mol. The van der Waals surface area contributed by atoms with Gasteiger partial charge in [0.2, 0.25) is 21.8 Å². The third kappa shape index (κ3) is 2.39. The first-order valence-corrected chi connectivity index (χ1v) is 7.52. The molecule has 108 valence electrons. The van der Waals surface area contributed by atoms with Crippen LogP contribution in [0.25, 0.3) is 0 Å². The van der Waals surface area contributed by atoms with Crippen molar-refractivity contribution >= 4 is 21.8 Å². The SMILES string of the molecule is NC(=O)c1cccc(C(N)=O)c1S(=O)(=O)N1CCCC1. The molecule has 0 saturated carbocycles. The van der Waals surface area contributed by atoms with Crippen LogP contribution < -0.4 is 11.5 Å². The first kappa shape index (κ1) is 14.5. The van der Waals surface area contributed by atoms with E-state index >= 15 is 0 Å². The fourth-order valence-corrected chi connectivity index (χ4v) is 4.15. The molecule has 4 N–H and O–H groups in total. The van der Waals surface area contributed by atoms with Crippen LogP contribution in [0.1, 0.15) is 33.6 Å². The van der Waals surface area contributed by atoms with Crippen LogP contribution in [0.5, 0.6) is 0 Å². The van der Waals surface area contributed by atoms with E-state index in [-0.39, 0.29) is 16.0 Å². The maximum absolute atomic E-state index is 12.6. The van der Waals surface area contributed by atoms with Gasteiger partial charge in [0, 0.05) is 13.1 Å². The molecular weight excluding hydrogens is 282 g/mol. The van der Waals surface area contributed by atoms with Crippen molar-refractivity contribution in [2.75, 3.05) is 13.1 Å². The highest BCUT2D eigenvalue weighted by molar-refractivity contribution is 7.89. The van der Waals surface area contributed by atoms with Gasteiger partial charge in [0.1, 0.15) is 4.90 Å². The summed E-state index contributed by atoms with van der Waals surface area (Å²) >= 11 is 0. The summed E-state index contributed by atoms with van der Waals surface area (Å²) < 4.78 is 26.4.